The van der Waals surface area contributed by atoms with Crippen molar-refractivity contribution in [2.24, 2.45) is 0 Å². The summed E-state index contributed by atoms with van der Waals surface area (Å²) in [7, 11) is 0. The number of hydrogen-bond acceptors (Lipinski definition) is 5. The lowest BCUT2D eigenvalue weighted by Crippen LogP contribution is -2.06. The summed E-state index contributed by atoms with van der Waals surface area (Å²) in [6, 6.07) is 15.8. The van der Waals surface area contributed by atoms with Crippen LogP contribution in [-0.4, -0.2) is 15.2 Å². The van der Waals surface area contributed by atoms with E-state index in [1.165, 1.54) is 5.56 Å². The van der Waals surface area contributed by atoms with Crippen LogP contribution in [0.4, 0.5) is 17.5 Å². The summed E-state index contributed by atoms with van der Waals surface area (Å²) in [6.07, 6.45) is 2.54. The van der Waals surface area contributed by atoms with Crippen molar-refractivity contribution in [1.29, 1.82) is 0 Å². The second kappa shape index (κ2) is 7.75. The largest absolute Gasteiger partial charge is 0.365 e. The molecule has 0 fully saturated rings. The minimum Gasteiger partial charge on any atom is -0.365 e. The highest BCUT2D eigenvalue weighted by atomic mass is 35.5. The van der Waals surface area contributed by atoms with E-state index < -0.39 is 0 Å². The van der Waals surface area contributed by atoms with E-state index in [1.807, 2.05) is 42.5 Å². The number of aryl methyl sites for hydroxylation is 1. The van der Waals surface area contributed by atoms with Gasteiger partial charge in [0.1, 0.15) is 0 Å². The average molecular weight is 340 g/mol. The molecular formula is C18H18ClN5. The molecule has 2 N–H and O–H groups in total. The molecule has 24 heavy (non-hydrogen) atoms. The van der Waals surface area contributed by atoms with Gasteiger partial charge < -0.3 is 10.6 Å². The van der Waals surface area contributed by atoms with Gasteiger partial charge in [-0.2, -0.15) is 10.1 Å². The number of hydrogen-bond donors (Lipinski definition) is 2. The molecule has 0 saturated heterocycles. The number of halogens is 1. The SMILES string of the molecule is CCc1ccccc1Nc1nncc(NCc2ccc(Cl)cc2)n1. The van der Waals surface area contributed by atoms with Gasteiger partial charge >= 0.3 is 0 Å². The Morgan fingerprint density at radius 1 is 1.04 bits per heavy atom. The van der Waals surface area contributed by atoms with E-state index in [-0.39, 0.29) is 0 Å². The minimum absolute atomic E-state index is 0.469. The molecule has 0 radical (unpaired) electrons. The fourth-order valence-corrected chi connectivity index (χ4v) is 2.43. The summed E-state index contributed by atoms with van der Waals surface area (Å²) in [5, 5.41) is 15.2. The number of nitrogens with zero attached hydrogens (tertiary/aromatic N) is 3. The van der Waals surface area contributed by atoms with Crippen molar-refractivity contribution in [3.05, 3.63) is 70.9 Å². The van der Waals surface area contributed by atoms with E-state index in [2.05, 4.69) is 38.8 Å². The Bertz CT molecular complexity index is 805. The predicted molar refractivity (Wildman–Crippen MR) is 97.7 cm³/mol. The molecule has 0 aliphatic heterocycles. The maximum Gasteiger partial charge on any atom is 0.249 e. The van der Waals surface area contributed by atoms with Gasteiger partial charge in [-0.15, -0.1) is 5.10 Å². The third kappa shape index (κ3) is 4.20. The lowest BCUT2D eigenvalue weighted by molar-refractivity contribution is 0.964. The Kier molecular flexibility index (Phi) is 5.23. The quantitative estimate of drug-likeness (QED) is 0.695. The number of rotatable bonds is 6. The molecule has 0 unspecified atom stereocenters. The summed E-state index contributed by atoms with van der Waals surface area (Å²) in [4.78, 5) is 4.45. The summed E-state index contributed by atoms with van der Waals surface area (Å²) in [6.45, 7) is 2.75. The van der Waals surface area contributed by atoms with Crippen molar-refractivity contribution < 1.29 is 0 Å². The van der Waals surface area contributed by atoms with Gasteiger partial charge in [0.25, 0.3) is 0 Å². The van der Waals surface area contributed by atoms with Crippen molar-refractivity contribution in [3.63, 3.8) is 0 Å². The molecule has 5 nitrogen and oxygen atoms in total. The minimum atomic E-state index is 0.469. The van der Waals surface area contributed by atoms with Crippen LogP contribution in [0.1, 0.15) is 18.1 Å². The Morgan fingerprint density at radius 2 is 1.83 bits per heavy atom. The zero-order valence-electron chi connectivity index (χ0n) is 13.3. The van der Waals surface area contributed by atoms with Gasteiger partial charge in [-0.25, -0.2) is 0 Å². The average Bonchev–Trinajstić information content (AvgIpc) is 2.62. The van der Waals surface area contributed by atoms with E-state index in [1.54, 1.807) is 6.20 Å². The third-order valence-electron chi connectivity index (χ3n) is 3.59. The van der Waals surface area contributed by atoms with Crippen LogP contribution in [0, 0.1) is 0 Å². The Morgan fingerprint density at radius 3 is 2.62 bits per heavy atom. The number of para-hydroxylation sites is 1. The summed E-state index contributed by atoms with van der Waals surface area (Å²) < 4.78 is 0. The molecule has 3 rings (SSSR count). The fraction of sp³-hybridized carbons (Fsp3) is 0.167. The van der Waals surface area contributed by atoms with Crippen molar-refractivity contribution >= 4 is 29.1 Å². The summed E-state index contributed by atoms with van der Waals surface area (Å²) in [5.41, 5.74) is 3.32. The van der Waals surface area contributed by atoms with Crippen LogP contribution >= 0.6 is 11.6 Å². The van der Waals surface area contributed by atoms with Gasteiger partial charge in [-0.05, 0) is 35.7 Å². The van der Waals surface area contributed by atoms with Crippen LogP contribution in [0.15, 0.2) is 54.7 Å². The first kappa shape index (κ1) is 16.2. The van der Waals surface area contributed by atoms with E-state index in [0.717, 1.165) is 22.7 Å². The maximum absolute atomic E-state index is 5.89. The van der Waals surface area contributed by atoms with Gasteiger partial charge in [-0.1, -0.05) is 48.9 Å². The first-order valence-corrected chi connectivity index (χ1v) is 8.15. The smallest absolute Gasteiger partial charge is 0.249 e. The molecule has 6 heteroatoms. The lowest BCUT2D eigenvalue weighted by Gasteiger charge is -2.10. The van der Waals surface area contributed by atoms with Crippen LogP contribution in [0.25, 0.3) is 0 Å². The van der Waals surface area contributed by atoms with E-state index >= 15 is 0 Å². The molecule has 0 aliphatic carbocycles. The number of anilines is 3. The van der Waals surface area contributed by atoms with E-state index in [4.69, 9.17) is 11.6 Å². The number of nitrogens with one attached hydrogen (secondary N) is 2. The highest BCUT2D eigenvalue weighted by Crippen LogP contribution is 2.19. The lowest BCUT2D eigenvalue weighted by atomic mass is 10.1. The standard InChI is InChI=1S/C18H18ClN5/c1-2-14-5-3-4-6-16(14)22-18-23-17(12-21-24-18)20-11-13-7-9-15(19)10-8-13/h3-10,12H,2,11H2,1H3,(H2,20,22,23,24). The maximum atomic E-state index is 5.89. The highest BCUT2D eigenvalue weighted by molar-refractivity contribution is 6.30. The van der Waals surface area contributed by atoms with Crippen LogP contribution in [0.5, 0.6) is 0 Å². The van der Waals surface area contributed by atoms with E-state index in [9.17, 15) is 0 Å². The molecule has 122 valence electrons. The number of benzene rings is 2. The molecule has 0 spiro atoms. The Hall–Kier alpha value is -2.66. The molecule has 0 aliphatic rings. The molecule has 0 saturated carbocycles. The fourth-order valence-electron chi connectivity index (χ4n) is 2.31. The molecule has 0 amide bonds. The molecule has 1 heterocycles. The zero-order chi connectivity index (χ0) is 16.8. The van der Waals surface area contributed by atoms with Crippen LogP contribution in [-0.2, 0) is 13.0 Å². The monoisotopic (exact) mass is 339 g/mol. The van der Waals surface area contributed by atoms with Gasteiger partial charge in [0.2, 0.25) is 5.95 Å². The second-order valence-electron chi connectivity index (χ2n) is 5.28. The first-order valence-electron chi connectivity index (χ1n) is 7.77. The highest BCUT2D eigenvalue weighted by Gasteiger charge is 2.04. The Balaban J connectivity index is 1.68. The van der Waals surface area contributed by atoms with Crippen molar-refractivity contribution in [2.45, 2.75) is 19.9 Å². The van der Waals surface area contributed by atoms with Crippen molar-refractivity contribution in [1.82, 2.24) is 15.2 Å². The molecule has 2 aromatic carbocycles. The zero-order valence-corrected chi connectivity index (χ0v) is 14.1. The van der Waals surface area contributed by atoms with Gasteiger partial charge in [0.15, 0.2) is 5.82 Å². The topological polar surface area (TPSA) is 62.7 Å². The van der Waals surface area contributed by atoms with Gasteiger partial charge in [0, 0.05) is 17.3 Å². The Labute approximate surface area is 146 Å². The van der Waals surface area contributed by atoms with Crippen molar-refractivity contribution in [3.8, 4) is 0 Å². The van der Waals surface area contributed by atoms with Crippen LogP contribution in [0.2, 0.25) is 5.02 Å². The first-order chi connectivity index (χ1) is 11.7. The summed E-state index contributed by atoms with van der Waals surface area (Å²) >= 11 is 5.89. The van der Waals surface area contributed by atoms with E-state index in [0.29, 0.717) is 18.3 Å². The summed E-state index contributed by atoms with van der Waals surface area (Å²) in [5.74, 6) is 1.13. The molecule has 0 atom stereocenters. The van der Waals surface area contributed by atoms with Gasteiger partial charge in [-0.3, -0.25) is 0 Å². The van der Waals surface area contributed by atoms with Crippen molar-refractivity contribution in [2.75, 3.05) is 10.6 Å². The van der Waals surface area contributed by atoms with Crippen LogP contribution < -0.4 is 10.6 Å². The molecule has 0 bridgehead atoms. The predicted octanol–water partition coefficient (Wildman–Crippen LogP) is 4.44. The third-order valence-corrected chi connectivity index (χ3v) is 3.84. The normalized spacial score (nSPS) is 10.4. The molecule has 1 aromatic heterocycles. The second-order valence-corrected chi connectivity index (χ2v) is 5.72. The van der Waals surface area contributed by atoms with Crippen LogP contribution in [0.3, 0.4) is 0 Å². The number of aromatic nitrogens is 3. The molecular weight excluding hydrogens is 322 g/mol. The van der Waals surface area contributed by atoms with Gasteiger partial charge in [0.05, 0.1) is 6.20 Å². The molecule has 3 aromatic rings.